The van der Waals surface area contributed by atoms with Gasteiger partial charge in [0.2, 0.25) is 5.89 Å². The van der Waals surface area contributed by atoms with Gasteiger partial charge in [-0.3, -0.25) is 0 Å². The average Bonchev–Trinajstić information content (AvgIpc) is 3.47. The van der Waals surface area contributed by atoms with Crippen molar-refractivity contribution in [1.82, 2.24) is 24.5 Å². The van der Waals surface area contributed by atoms with Gasteiger partial charge in [-0.05, 0) is 75.5 Å². The summed E-state index contributed by atoms with van der Waals surface area (Å²) in [4.78, 5) is 17.5. The minimum Gasteiger partial charge on any atom is -0.457 e. The highest BCUT2D eigenvalue weighted by molar-refractivity contribution is 7.99. The van der Waals surface area contributed by atoms with Gasteiger partial charge in [0.1, 0.15) is 35.6 Å². The number of aromatic nitrogens is 5. The van der Waals surface area contributed by atoms with Crippen molar-refractivity contribution in [2.24, 2.45) is 11.4 Å². The first-order chi connectivity index (χ1) is 17.7. The van der Waals surface area contributed by atoms with E-state index in [4.69, 9.17) is 9.15 Å². The van der Waals surface area contributed by atoms with Crippen LogP contribution in [-0.2, 0) is 7.05 Å². The van der Waals surface area contributed by atoms with Gasteiger partial charge >= 0.3 is 0 Å². The third kappa shape index (κ3) is 5.80. The summed E-state index contributed by atoms with van der Waals surface area (Å²) in [6, 6.07) is 11.7. The second-order valence-electron chi connectivity index (χ2n) is 9.51. The van der Waals surface area contributed by atoms with Crippen molar-refractivity contribution in [1.29, 1.82) is 0 Å². The number of nitrogens with zero attached hydrogens (tertiary/aromatic N) is 6. The SMILES string of the molecule is Cc1cc(Nc2ncncc2-c2nc(C=NSC(C)(C)C)co2)ccc1Oc1ccc2c(c1)ncn2C. The molecule has 0 bridgehead atoms. The number of aryl methyl sites for hydroxylation is 2. The van der Waals surface area contributed by atoms with E-state index >= 15 is 0 Å². The van der Waals surface area contributed by atoms with E-state index in [2.05, 4.69) is 50.4 Å². The highest BCUT2D eigenvalue weighted by Gasteiger charge is 2.15. The monoisotopic (exact) mass is 513 g/mol. The first kappa shape index (κ1) is 24.5. The van der Waals surface area contributed by atoms with Crippen LogP contribution in [0.4, 0.5) is 11.5 Å². The Morgan fingerprint density at radius 3 is 2.81 bits per heavy atom. The van der Waals surface area contributed by atoms with Crippen LogP contribution in [0.25, 0.3) is 22.5 Å². The highest BCUT2D eigenvalue weighted by atomic mass is 32.2. The van der Waals surface area contributed by atoms with Crippen molar-refractivity contribution in [3.05, 3.63) is 72.8 Å². The van der Waals surface area contributed by atoms with E-state index < -0.39 is 0 Å². The third-order valence-electron chi connectivity index (χ3n) is 5.34. The Bertz CT molecular complexity index is 1580. The fourth-order valence-electron chi connectivity index (χ4n) is 3.58. The van der Waals surface area contributed by atoms with Crippen molar-refractivity contribution >= 4 is 40.7 Å². The molecule has 0 amide bonds. The second-order valence-corrected chi connectivity index (χ2v) is 11.1. The van der Waals surface area contributed by atoms with E-state index in [9.17, 15) is 0 Å². The number of benzene rings is 2. The predicted octanol–water partition coefficient (Wildman–Crippen LogP) is 6.73. The number of fused-ring (bicyclic) bond motifs is 1. The molecule has 0 fully saturated rings. The van der Waals surface area contributed by atoms with E-state index in [0.29, 0.717) is 23.0 Å². The Morgan fingerprint density at radius 2 is 2.00 bits per heavy atom. The summed E-state index contributed by atoms with van der Waals surface area (Å²) in [5.74, 6) is 2.48. The molecule has 0 aliphatic heterocycles. The summed E-state index contributed by atoms with van der Waals surface area (Å²) in [6.45, 7) is 8.30. The lowest BCUT2D eigenvalue weighted by atomic mass is 10.2. The van der Waals surface area contributed by atoms with Crippen LogP contribution in [0.2, 0.25) is 0 Å². The number of rotatable bonds is 7. The summed E-state index contributed by atoms with van der Waals surface area (Å²) in [7, 11) is 1.97. The molecule has 2 aromatic carbocycles. The van der Waals surface area contributed by atoms with Crippen molar-refractivity contribution in [3.63, 3.8) is 0 Å². The van der Waals surface area contributed by atoms with Gasteiger partial charge < -0.3 is 19.0 Å². The maximum atomic E-state index is 6.14. The Morgan fingerprint density at radius 1 is 1.14 bits per heavy atom. The van der Waals surface area contributed by atoms with E-state index in [1.54, 1.807) is 25.0 Å². The third-order valence-corrected chi connectivity index (χ3v) is 6.10. The summed E-state index contributed by atoms with van der Waals surface area (Å²) in [5.41, 5.74) is 5.03. The molecule has 10 heteroatoms. The fourth-order valence-corrected chi connectivity index (χ4v) is 4.06. The molecule has 0 aliphatic rings. The molecule has 37 heavy (non-hydrogen) atoms. The van der Waals surface area contributed by atoms with E-state index in [0.717, 1.165) is 33.8 Å². The molecule has 3 heterocycles. The minimum atomic E-state index is 0.0266. The first-order valence-electron chi connectivity index (χ1n) is 11.7. The number of ether oxygens (including phenoxy) is 1. The summed E-state index contributed by atoms with van der Waals surface area (Å²) in [6.07, 6.45) is 8.20. The molecule has 0 spiro atoms. The van der Waals surface area contributed by atoms with Crippen LogP contribution in [0.1, 0.15) is 32.0 Å². The number of nitrogens with one attached hydrogen (secondary N) is 1. The molecule has 0 atom stereocenters. The van der Waals surface area contributed by atoms with Gasteiger partial charge in [-0.2, -0.15) is 0 Å². The molecule has 5 aromatic rings. The standard InChI is InChI=1S/C27H27N7O2S/c1-17-10-18(6-9-24(17)36-20-7-8-23-22(11-20)30-16-34(23)5)32-25-21(13-28-15-29-25)26-33-19(14-35-26)12-31-37-27(2,3)4/h6-16H,1-5H3,(H,28,29,32). The zero-order valence-corrected chi connectivity index (χ0v) is 22.1. The number of oxazole rings is 1. The molecule has 5 rings (SSSR count). The number of hydrogen-bond acceptors (Lipinski definition) is 9. The zero-order valence-electron chi connectivity index (χ0n) is 21.3. The van der Waals surface area contributed by atoms with Crippen molar-refractivity contribution in [2.45, 2.75) is 32.4 Å². The van der Waals surface area contributed by atoms with E-state index in [-0.39, 0.29) is 4.75 Å². The minimum absolute atomic E-state index is 0.0266. The van der Waals surface area contributed by atoms with Gasteiger partial charge in [0, 0.05) is 29.7 Å². The van der Waals surface area contributed by atoms with Crippen LogP contribution in [-0.4, -0.2) is 35.5 Å². The Kier molecular flexibility index (Phi) is 6.66. The van der Waals surface area contributed by atoms with Gasteiger partial charge in [-0.15, -0.1) is 0 Å². The van der Waals surface area contributed by atoms with Crippen LogP contribution in [0.15, 0.2) is 70.3 Å². The van der Waals surface area contributed by atoms with Gasteiger partial charge in [-0.1, -0.05) is 0 Å². The fraction of sp³-hybridized carbons (Fsp3) is 0.222. The predicted molar refractivity (Wildman–Crippen MR) is 148 cm³/mol. The molecule has 0 aliphatic carbocycles. The van der Waals surface area contributed by atoms with Gasteiger partial charge in [0.25, 0.3) is 0 Å². The smallest absolute Gasteiger partial charge is 0.231 e. The Hall–Kier alpha value is -4.18. The van der Waals surface area contributed by atoms with Gasteiger partial charge in [-0.25, -0.2) is 24.3 Å². The topological polar surface area (TPSA) is 103 Å². The zero-order chi connectivity index (χ0) is 26.0. The Labute approximate surface area is 219 Å². The molecule has 0 radical (unpaired) electrons. The lowest BCUT2D eigenvalue weighted by Crippen LogP contribution is -2.04. The molecule has 0 saturated carbocycles. The summed E-state index contributed by atoms with van der Waals surface area (Å²) >= 11 is 1.48. The number of hydrogen-bond donors (Lipinski definition) is 1. The Balaban J connectivity index is 1.32. The average molecular weight is 514 g/mol. The number of anilines is 2. The van der Waals surface area contributed by atoms with E-state index in [1.165, 1.54) is 18.3 Å². The number of imidazole rings is 1. The largest absolute Gasteiger partial charge is 0.457 e. The molecule has 0 unspecified atom stereocenters. The van der Waals surface area contributed by atoms with Crippen LogP contribution >= 0.6 is 11.9 Å². The van der Waals surface area contributed by atoms with Crippen molar-refractivity contribution < 1.29 is 9.15 Å². The molecule has 9 nitrogen and oxygen atoms in total. The van der Waals surface area contributed by atoms with Crippen LogP contribution < -0.4 is 10.1 Å². The molecule has 188 valence electrons. The summed E-state index contributed by atoms with van der Waals surface area (Å²) in [5, 5.41) is 3.35. The molecular formula is C27H27N7O2S. The van der Waals surface area contributed by atoms with Crippen LogP contribution in [0.5, 0.6) is 11.5 Å². The van der Waals surface area contributed by atoms with Gasteiger partial charge in [0.05, 0.1) is 29.1 Å². The lowest BCUT2D eigenvalue weighted by molar-refractivity contribution is 0.479. The summed E-state index contributed by atoms with van der Waals surface area (Å²) < 4.78 is 18.2. The molecular weight excluding hydrogens is 486 g/mol. The molecule has 1 N–H and O–H groups in total. The van der Waals surface area contributed by atoms with Crippen molar-refractivity contribution in [2.75, 3.05) is 5.32 Å². The quantitative estimate of drug-likeness (QED) is 0.189. The second kappa shape index (κ2) is 10.1. The molecule has 0 saturated heterocycles. The molecule has 3 aromatic heterocycles. The lowest BCUT2D eigenvalue weighted by Gasteiger charge is -2.12. The maximum Gasteiger partial charge on any atom is 0.231 e. The van der Waals surface area contributed by atoms with Crippen LogP contribution in [0.3, 0.4) is 0 Å². The van der Waals surface area contributed by atoms with Gasteiger partial charge in [0.15, 0.2) is 0 Å². The maximum absolute atomic E-state index is 6.14. The highest BCUT2D eigenvalue weighted by Crippen LogP contribution is 2.32. The van der Waals surface area contributed by atoms with E-state index in [1.807, 2.05) is 54.9 Å². The first-order valence-corrected chi connectivity index (χ1v) is 12.5. The van der Waals surface area contributed by atoms with Crippen LogP contribution in [0, 0.1) is 6.92 Å². The van der Waals surface area contributed by atoms with Crippen molar-refractivity contribution in [3.8, 4) is 23.0 Å². The normalized spacial score (nSPS) is 11.9.